The quantitative estimate of drug-likeness (QED) is 0.104. The Morgan fingerprint density at radius 1 is 1.19 bits per heavy atom. The fourth-order valence-corrected chi connectivity index (χ4v) is 4.98. The summed E-state index contributed by atoms with van der Waals surface area (Å²) >= 11 is 6.23. The lowest BCUT2D eigenvalue weighted by Gasteiger charge is -2.15. The van der Waals surface area contributed by atoms with Gasteiger partial charge in [0.05, 0.1) is 16.4 Å². The lowest BCUT2D eigenvalue weighted by molar-refractivity contribution is 0.241. The van der Waals surface area contributed by atoms with Gasteiger partial charge in [-0.25, -0.2) is 9.18 Å². The first-order valence-electron chi connectivity index (χ1n) is 14.1. The van der Waals surface area contributed by atoms with Crippen LogP contribution in [0.3, 0.4) is 0 Å². The highest BCUT2D eigenvalue weighted by molar-refractivity contribution is 6.31. The number of nitrogens with one attached hydrogen (secondary N) is 4. The molecule has 0 bridgehead atoms. The van der Waals surface area contributed by atoms with Crippen LogP contribution in [0.25, 0.3) is 28.0 Å². The van der Waals surface area contributed by atoms with Gasteiger partial charge in [-0.2, -0.15) is 4.98 Å². The molecule has 2 atom stereocenters. The topological polar surface area (TPSA) is 134 Å². The number of amidine groups is 1. The third-order valence-corrected chi connectivity index (χ3v) is 7.36. The van der Waals surface area contributed by atoms with E-state index in [4.69, 9.17) is 27.5 Å². The van der Waals surface area contributed by atoms with Gasteiger partial charge in [-0.15, -0.1) is 0 Å². The van der Waals surface area contributed by atoms with Crippen molar-refractivity contribution in [1.29, 1.82) is 5.41 Å². The lowest BCUT2D eigenvalue weighted by atomic mass is 10.0. The fraction of sp³-hybridized carbons (Fsp3) is 0.387. The maximum absolute atomic E-state index is 15.1. The number of halogens is 2. The summed E-state index contributed by atoms with van der Waals surface area (Å²) in [7, 11) is 1.57. The van der Waals surface area contributed by atoms with E-state index in [1.807, 2.05) is 31.2 Å². The molecule has 0 radical (unpaired) electrons. The Balaban J connectivity index is 1.45. The minimum Gasteiger partial charge on any atom is -0.377 e. The summed E-state index contributed by atoms with van der Waals surface area (Å²) in [5.74, 6) is -0.150. The second-order valence-corrected chi connectivity index (χ2v) is 11.2. The molecule has 4 aromatic rings. The predicted octanol–water partition coefficient (Wildman–Crippen LogP) is 4.92. The molecular formula is C31H39ClFN7O2. The van der Waals surface area contributed by atoms with Gasteiger partial charge < -0.3 is 26.1 Å². The Labute approximate surface area is 250 Å². The molecule has 0 saturated carbocycles. The van der Waals surface area contributed by atoms with E-state index in [1.165, 1.54) is 4.57 Å². The van der Waals surface area contributed by atoms with E-state index in [9.17, 15) is 4.79 Å². The van der Waals surface area contributed by atoms with Crippen molar-refractivity contribution in [1.82, 2.24) is 25.2 Å². The average Bonchev–Trinajstić information content (AvgIpc) is 3.36. The molecule has 2 heterocycles. The number of hydrogen-bond donors (Lipinski definition) is 5. The van der Waals surface area contributed by atoms with Crippen molar-refractivity contribution < 1.29 is 9.13 Å². The monoisotopic (exact) mass is 595 g/mol. The predicted molar refractivity (Wildman–Crippen MR) is 167 cm³/mol. The van der Waals surface area contributed by atoms with E-state index in [0.29, 0.717) is 46.9 Å². The molecule has 6 N–H and O–H groups in total. The number of aromatic nitrogens is 3. The van der Waals surface area contributed by atoms with E-state index in [-0.39, 0.29) is 23.7 Å². The van der Waals surface area contributed by atoms with Gasteiger partial charge in [0, 0.05) is 49.4 Å². The van der Waals surface area contributed by atoms with Gasteiger partial charge in [-0.05, 0) is 81.0 Å². The highest BCUT2D eigenvalue weighted by atomic mass is 35.5. The first-order valence-corrected chi connectivity index (χ1v) is 14.5. The Bertz CT molecular complexity index is 1570. The maximum atomic E-state index is 15.1. The number of fused-ring (bicyclic) bond motifs is 1. The van der Waals surface area contributed by atoms with E-state index >= 15 is 4.39 Å². The molecule has 9 nitrogen and oxygen atoms in total. The van der Waals surface area contributed by atoms with Crippen molar-refractivity contribution in [2.45, 2.75) is 58.2 Å². The fourth-order valence-electron chi connectivity index (χ4n) is 4.74. The Hall–Kier alpha value is -3.57. The van der Waals surface area contributed by atoms with Gasteiger partial charge in [-0.3, -0.25) is 9.98 Å². The van der Waals surface area contributed by atoms with Crippen LogP contribution in [0, 0.1) is 11.2 Å². The van der Waals surface area contributed by atoms with Crippen molar-refractivity contribution in [2.75, 3.05) is 20.3 Å². The highest BCUT2D eigenvalue weighted by Crippen LogP contribution is 2.31. The summed E-state index contributed by atoms with van der Waals surface area (Å²) in [6.07, 6.45) is 5.04. The van der Waals surface area contributed by atoms with Crippen molar-refractivity contribution in [2.24, 2.45) is 5.73 Å². The summed E-state index contributed by atoms with van der Waals surface area (Å²) in [5.41, 5.74) is 9.32. The molecule has 2 aromatic carbocycles. The third-order valence-electron chi connectivity index (χ3n) is 7.08. The minimum absolute atomic E-state index is 0.0534. The number of aromatic amines is 1. The number of hydrogen-bond acceptors (Lipinski definition) is 6. The summed E-state index contributed by atoms with van der Waals surface area (Å²) in [5, 5.41) is 14.9. The van der Waals surface area contributed by atoms with Crippen molar-refractivity contribution in [3.8, 4) is 16.9 Å². The average molecular weight is 596 g/mol. The van der Waals surface area contributed by atoms with Gasteiger partial charge in [-0.1, -0.05) is 23.7 Å². The van der Waals surface area contributed by atoms with Crippen LogP contribution in [0.2, 0.25) is 5.02 Å². The highest BCUT2D eigenvalue weighted by Gasteiger charge is 2.16. The molecule has 0 aliphatic carbocycles. The number of ether oxygens (including phenoxy) is 1. The summed E-state index contributed by atoms with van der Waals surface area (Å²) in [6, 6.07) is 13.3. The number of benzene rings is 2. The first-order chi connectivity index (χ1) is 20.1. The molecule has 0 fully saturated rings. The van der Waals surface area contributed by atoms with Gasteiger partial charge >= 0.3 is 5.69 Å². The number of H-pyrrole nitrogens is 1. The van der Waals surface area contributed by atoms with Crippen molar-refractivity contribution in [3.05, 3.63) is 81.1 Å². The molecule has 0 aliphatic heterocycles. The van der Waals surface area contributed by atoms with Gasteiger partial charge in [0.15, 0.2) is 5.82 Å². The van der Waals surface area contributed by atoms with E-state index in [0.717, 1.165) is 36.8 Å². The zero-order chi connectivity index (χ0) is 30.2. The minimum atomic E-state index is -0.519. The van der Waals surface area contributed by atoms with Gasteiger partial charge in [0.25, 0.3) is 0 Å². The van der Waals surface area contributed by atoms with E-state index < -0.39 is 11.5 Å². The zero-order valence-corrected chi connectivity index (χ0v) is 25.0. The van der Waals surface area contributed by atoms with Crippen LogP contribution in [0.1, 0.15) is 44.2 Å². The van der Waals surface area contributed by atoms with Crippen molar-refractivity contribution in [3.63, 3.8) is 0 Å². The Morgan fingerprint density at radius 2 is 1.95 bits per heavy atom. The molecule has 2 aromatic heterocycles. The molecule has 42 heavy (non-hydrogen) atoms. The van der Waals surface area contributed by atoms with Crippen LogP contribution in [-0.2, 0) is 17.7 Å². The molecular weight excluding hydrogens is 557 g/mol. The second-order valence-electron chi connectivity index (χ2n) is 10.8. The van der Waals surface area contributed by atoms with Crippen LogP contribution < -0.4 is 22.1 Å². The molecule has 224 valence electrons. The third kappa shape index (κ3) is 8.25. The lowest BCUT2D eigenvalue weighted by Crippen LogP contribution is -2.33. The largest absolute Gasteiger partial charge is 0.377 e. The standard InChI is InChI=1S/C31H39ClFN7O2/c1-19(34)5-4-6-22-13-25(29(33)26(32)14-22)27-15-23-17-40(31(41)39-30(23)38-27)24-9-7-21(8-10-24)16-37-20(2)11-12-36-28(35)18-42-3/h7-10,13-15,17,19-20,37H,4-6,11-12,16,18,34H2,1-3H3,(H2,35,36)(H,38,39,41)/t19-,20-/m0/s1. The van der Waals surface area contributed by atoms with Crippen LogP contribution in [-0.4, -0.2) is 52.7 Å². The maximum Gasteiger partial charge on any atom is 0.354 e. The molecule has 4 rings (SSSR count). The van der Waals surface area contributed by atoms with Crippen LogP contribution in [0.4, 0.5) is 4.39 Å². The van der Waals surface area contributed by atoms with Gasteiger partial charge in [0.2, 0.25) is 0 Å². The molecule has 0 spiro atoms. The molecule has 0 aliphatic rings. The van der Waals surface area contributed by atoms with E-state index in [1.54, 1.807) is 31.5 Å². The summed E-state index contributed by atoms with van der Waals surface area (Å²) in [6.45, 7) is 5.70. The van der Waals surface area contributed by atoms with Gasteiger partial charge in [0.1, 0.15) is 18.1 Å². The van der Waals surface area contributed by atoms with E-state index in [2.05, 4.69) is 27.5 Å². The first kappa shape index (κ1) is 31.4. The van der Waals surface area contributed by atoms with Crippen molar-refractivity contribution >= 4 is 28.5 Å². The zero-order valence-electron chi connectivity index (χ0n) is 24.3. The smallest absolute Gasteiger partial charge is 0.354 e. The SMILES string of the molecule is COCC(=N)NCC[C@H](C)NCc1ccc(-n2cc3cc(-c4cc(CCC[C@H](C)N)cc(Cl)c4F)[nH]c3nc2=O)cc1. The molecule has 11 heteroatoms. The second kappa shape index (κ2) is 14.6. The normalized spacial score (nSPS) is 12.9. The Morgan fingerprint density at radius 3 is 2.67 bits per heavy atom. The summed E-state index contributed by atoms with van der Waals surface area (Å²) in [4.78, 5) is 20.2. The Kier molecular flexibility index (Phi) is 10.9. The number of rotatable bonds is 14. The molecule has 0 saturated heterocycles. The molecule has 0 amide bonds. The summed E-state index contributed by atoms with van der Waals surface area (Å²) < 4.78 is 21.5. The molecule has 0 unspecified atom stereocenters. The van der Waals surface area contributed by atoms with Crippen LogP contribution in [0.5, 0.6) is 0 Å². The van der Waals surface area contributed by atoms with Crippen LogP contribution in [0.15, 0.2) is 53.5 Å². The number of nitrogens with zero attached hydrogens (tertiary/aromatic N) is 2. The number of aryl methyl sites for hydroxylation is 1. The van der Waals surface area contributed by atoms with Crippen LogP contribution >= 0.6 is 11.6 Å². The number of methoxy groups -OCH3 is 1. The number of nitrogens with two attached hydrogens (primary N) is 1.